The molecule has 180 valence electrons. The van der Waals surface area contributed by atoms with Crippen molar-refractivity contribution in [2.75, 3.05) is 17.1 Å². The predicted molar refractivity (Wildman–Crippen MR) is 128 cm³/mol. The van der Waals surface area contributed by atoms with Crippen LogP contribution in [0.5, 0.6) is 0 Å². The Bertz CT molecular complexity index is 1080. The minimum atomic E-state index is -3.87. The molecular weight excluding hydrogens is 469 g/mol. The van der Waals surface area contributed by atoms with Crippen molar-refractivity contribution in [3.63, 3.8) is 0 Å². The number of halogens is 2. The normalized spacial score (nSPS) is 12.7. The van der Waals surface area contributed by atoms with Crippen LogP contribution in [0.25, 0.3) is 0 Å². The first-order chi connectivity index (χ1) is 15.2. The van der Waals surface area contributed by atoms with Crippen molar-refractivity contribution >= 4 is 39.1 Å². The Labute approximate surface area is 199 Å². The molecule has 2 aromatic rings. The number of carbonyl (C=O) groups excluding carboxylic acids is 2. The lowest BCUT2D eigenvalue weighted by atomic mass is 10.1. The fraction of sp³-hybridized carbons (Fsp3) is 0.391. The lowest BCUT2D eigenvalue weighted by Crippen LogP contribution is -2.54. The van der Waals surface area contributed by atoms with E-state index in [0.29, 0.717) is 5.02 Å². The van der Waals surface area contributed by atoms with Gasteiger partial charge in [-0.25, -0.2) is 12.8 Å². The lowest BCUT2D eigenvalue weighted by Gasteiger charge is -2.33. The van der Waals surface area contributed by atoms with Gasteiger partial charge in [0.05, 0.1) is 11.9 Å². The van der Waals surface area contributed by atoms with Gasteiger partial charge < -0.3 is 10.2 Å². The summed E-state index contributed by atoms with van der Waals surface area (Å²) in [6, 6.07) is 10.7. The molecule has 0 aliphatic carbocycles. The Balaban J connectivity index is 2.38. The summed E-state index contributed by atoms with van der Waals surface area (Å²) in [5.74, 6) is -1.50. The molecule has 33 heavy (non-hydrogen) atoms. The molecule has 2 aromatic carbocycles. The minimum absolute atomic E-state index is 0.0652. The number of nitrogens with one attached hydrogen (secondary N) is 1. The molecule has 0 unspecified atom stereocenters. The number of carbonyl (C=O) groups is 2. The summed E-state index contributed by atoms with van der Waals surface area (Å²) in [6.07, 6.45) is 0.961. The minimum Gasteiger partial charge on any atom is -0.350 e. The van der Waals surface area contributed by atoms with Gasteiger partial charge in [0.1, 0.15) is 18.4 Å². The summed E-state index contributed by atoms with van der Waals surface area (Å²) in [5.41, 5.74) is 0.342. The van der Waals surface area contributed by atoms with Crippen LogP contribution in [0.4, 0.5) is 10.1 Å². The summed E-state index contributed by atoms with van der Waals surface area (Å²) < 4.78 is 39.1. The quantitative estimate of drug-likeness (QED) is 0.604. The molecule has 2 rings (SSSR count). The number of benzene rings is 2. The molecule has 2 amide bonds. The van der Waals surface area contributed by atoms with E-state index in [2.05, 4.69) is 5.32 Å². The van der Waals surface area contributed by atoms with E-state index >= 15 is 0 Å². The number of nitrogens with zero attached hydrogens (tertiary/aromatic N) is 2. The van der Waals surface area contributed by atoms with Crippen molar-refractivity contribution in [2.45, 2.75) is 45.8 Å². The number of rotatable bonds is 8. The molecule has 0 aliphatic heterocycles. The second-order valence-electron chi connectivity index (χ2n) is 8.81. The van der Waals surface area contributed by atoms with Crippen molar-refractivity contribution in [3.8, 4) is 0 Å². The molecule has 10 heteroatoms. The summed E-state index contributed by atoms with van der Waals surface area (Å²) in [5, 5.41) is 3.37. The van der Waals surface area contributed by atoms with Crippen LogP contribution in [-0.4, -0.2) is 49.5 Å². The molecule has 0 radical (unpaired) electrons. The van der Waals surface area contributed by atoms with Crippen LogP contribution in [0.15, 0.2) is 48.5 Å². The Morgan fingerprint density at radius 2 is 1.61 bits per heavy atom. The van der Waals surface area contributed by atoms with Crippen molar-refractivity contribution in [1.29, 1.82) is 0 Å². The highest BCUT2D eigenvalue weighted by molar-refractivity contribution is 7.92. The third kappa shape index (κ3) is 8.01. The average molecular weight is 498 g/mol. The van der Waals surface area contributed by atoms with Gasteiger partial charge in [-0.15, -0.1) is 0 Å². The van der Waals surface area contributed by atoms with E-state index in [9.17, 15) is 22.4 Å². The van der Waals surface area contributed by atoms with Crippen LogP contribution in [-0.2, 0) is 26.2 Å². The first kappa shape index (κ1) is 26.6. The Kier molecular flexibility index (Phi) is 8.48. The largest absolute Gasteiger partial charge is 0.350 e. The third-order valence-electron chi connectivity index (χ3n) is 4.73. The molecular formula is C23H29ClFN3O4S. The van der Waals surface area contributed by atoms with Crippen LogP contribution >= 0.6 is 11.6 Å². The van der Waals surface area contributed by atoms with Crippen molar-refractivity contribution < 1.29 is 22.4 Å². The Hall–Kier alpha value is -2.65. The second kappa shape index (κ2) is 10.5. The molecule has 7 nitrogen and oxygen atoms in total. The maximum absolute atomic E-state index is 13.4. The van der Waals surface area contributed by atoms with Gasteiger partial charge in [-0.3, -0.25) is 13.9 Å². The lowest BCUT2D eigenvalue weighted by molar-refractivity contribution is -0.140. The molecule has 0 spiro atoms. The molecule has 0 heterocycles. The van der Waals surface area contributed by atoms with Crippen LogP contribution in [0.1, 0.15) is 33.3 Å². The SMILES string of the molecule is C[C@H](C(=O)NC(C)(C)C)N(Cc1ccc(Cl)cc1)C(=O)CN(c1ccc(F)cc1)S(C)(=O)=O. The average Bonchev–Trinajstić information content (AvgIpc) is 2.69. The zero-order chi connectivity index (χ0) is 25.0. The Morgan fingerprint density at radius 3 is 2.09 bits per heavy atom. The van der Waals surface area contributed by atoms with Crippen molar-refractivity contribution in [3.05, 3.63) is 64.9 Å². The maximum Gasteiger partial charge on any atom is 0.244 e. The van der Waals surface area contributed by atoms with Gasteiger partial charge in [-0.2, -0.15) is 0 Å². The first-order valence-electron chi connectivity index (χ1n) is 10.3. The van der Waals surface area contributed by atoms with Gasteiger partial charge in [0, 0.05) is 17.1 Å². The molecule has 0 saturated heterocycles. The van der Waals surface area contributed by atoms with Gasteiger partial charge in [-0.1, -0.05) is 23.7 Å². The van der Waals surface area contributed by atoms with Gasteiger partial charge >= 0.3 is 0 Å². The standard InChI is InChI=1S/C23H29ClFN3O4S/c1-16(22(30)26-23(2,3)4)27(14-17-6-8-18(24)9-7-17)21(29)15-28(33(5,31)32)20-12-10-19(25)11-13-20/h6-13,16H,14-15H2,1-5H3,(H,26,30)/t16-/m1/s1. The molecule has 0 aromatic heterocycles. The number of hydrogen-bond donors (Lipinski definition) is 1. The van der Waals surface area contributed by atoms with Crippen LogP contribution in [0, 0.1) is 5.82 Å². The zero-order valence-corrected chi connectivity index (χ0v) is 20.9. The highest BCUT2D eigenvalue weighted by Gasteiger charge is 2.31. The predicted octanol–water partition coefficient (Wildman–Crippen LogP) is 3.58. The molecule has 0 fully saturated rings. The van der Waals surface area contributed by atoms with Gasteiger partial charge in [0.25, 0.3) is 0 Å². The van der Waals surface area contributed by atoms with E-state index in [1.165, 1.54) is 17.0 Å². The van der Waals surface area contributed by atoms with Crippen LogP contribution < -0.4 is 9.62 Å². The van der Waals surface area contributed by atoms with E-state index in [4.69, 9.17) is 11.6 Å². The van der Waals surface area contributed by atoms with E-state index in [1.807, 2.05) is 20.8 Å². The van der Waals surface area contributed by atoms with E-state index in [-0.39, 0.29) is 18.1 Å². The smallest absolute Gasteiger partial charge is 0.244 e. The molecule has 0 aliphatic rings. The second-order valence-corrected chi connectivity index (χ2v) is 11.2. The molecule has 0 bridgehead atoms. The van der Waals surface area contributed by atoms with Crippen LogP contribution in [0.2, 0.25) is 5.02 Å². The summed E-state index contributed by atoms with van der Waals surface area (Å²) in [7, 11) is -3.87. The summed E-state index contributed by atoms with van der Waals surface area (Å²) in [4.78, 5) is 27.5. The highest BCUT2D eigenvalue weighted by Crippen LogP contribution is 2.20. The summed E-state index contributed by atoms with van der Waals surface area (Å²) >= 11 is 5.95. The Morgan fingerprint density at radius 1 is 1.06 bits per heavy atom. The summed E-state index contributed by atoms with van der Waals surface area (Å²) in [6.45, 7) is 6.56. The van der Waals surface area contributed by atoms with Gasteiger partial charge in [0.2, 0.25) is 21.8 Å². The highest BCUT2D eigenvalue weighted by atomic mass is 35.5. The fourth-order valence-electron chi connectivity index (χ4n) is 3.06. The number of sulfonamides is 1. The van der Waals surface area contributed by atoms with Gasteiger partial charge in [-0.05, 0) is 69.7 Å². The number of amides is 2. The maximum atomic E-state index is 13.4. The molecule has 1 N–H and O–H groups in total. The third-order valence-corrected chi connectivity index (χ3v) is 6.12. The molecule has 0 saturated carbocycles. The van der Waals surface area contributed by atoms with Crippen molar-refractivity contribution in [1.82, 2.24) is 10.2 Å². The van der Waals surface area contributed by atoms with E-state index in [0.717, 1.165) is 28.3 Å². The zero-order valence-electron chi connectivity index (χ0n) is 19.3. The topological polar surface area (TPSA) is 86.8 Å². The van der Waals surface area contributed by atoms with Gasteiger partial charge in [0.15, 0.2) is 0 Å². The van der Waals surface area contributed by atoms with E-state index < -0.39 is 39.9 Å². The van der Waals surface area contributed by atoms with Crippen LogP contribution in [0.3, 0.4) is 0 Å². The fourth-order valence-corrected chi connectivity index (χ4v) is 4.04. The van der Waals surface area contributed by atoms with E-state index in [1.54, 1.807) is 31.2 Å². The monoisotopic (exact) mass is 497 g/mol. The first-order valence-corrected chi connectivity index (χ1v) is 12.5. The number of hydrogen-bond acceptors (Lipinski definition) is 4. The van der Waals surface area contributed by atoms with Crippen molar-refractivity contribution in [2.24, 2.45) is 0 Å². The number of anilines is 1. The molecule has 1 atom stereocenters.